The van der Waals surface area contributed by atoms with Crippen molar-refractivity contribution in [1.29, 1.82) is 0 Å². The molecule has 178 valence electrons. The fourth-order valence-corrected chi connectivity index (χ4v) is 3.92. The van der Waals surface area contributed by atoms with E-state index in [0.717, 1.165) is 16.7 Å². The SMILES string of the molecule is Cc1ccccc1OCC(=O)N(Cc1cccc(Cl)c1)[C@H](Cc1ccccc1)C(=O)NC(C)C. The molecule has 0 spiro atoms. The van der Waals surface area contributed by atoms with Crippen molar-refractivity contribution in [3.63, 3.8) is 0 Å². The molecular weight excluding hydrogens is 448 g/mol. The van der Waals surface area contributed by atoms with Crippen LogP contribution in [0.25, 0.3) is 0 Å². The number of halogens is 1. The molecule has 0 radical (unpaired) electrons. The largest absolute Gasteiger partial charge is 0.484 e. The topological polar surface area (TPSA) is 58.6 Å². The predicted octanol–water partition coefficient (Wildman–Crippen LogP) is 5.19. The van der Waals surface area contributed by atoms with Crippen LogP contribution in [-0.4, -0.2) is 35.4 Å². The van der Waals surface area contributed by atoms with E-state index in [1.807, 2.05) is 93.6 Å². The third-order valence-electron chi connectivity index (χ3n) is 5.39. The average molecular weight is 479 g/mol. The number of carbonyl (C=O) groups is 2. The quantitative estimate of drug-likeness (QED) is 0.436. The van der Waals surface area contributed by atoms with Gasteiger partial charge in [-0.2, -0.15) is 0 Å². The third-order valence-corrected chi connectivity index (χ3v) is 5.62. The van der Waals surface area contributed by atoms with Crippen LogP contribution in [0.3, 0.4) is 0 Å². The van der Waals surface area contributed by atoms with Gasteiger partial charge in [-0.15, -0.1) is 0 Å². The first-order chi connectivity index (χ1) is 16.3. The van der Waals surface area contributed by atoms with Gasteiger partial charge in [-0.25, -0.2) is 0 Å². The minimum Gasteiger partial charge on any atom is -0.484 e. The summed E-state index contributed by atoms with van der Waals surface area (Å²) in [5.41, 5.74) is 2.75. The Balaban J connectivity index is 1.92. The van der Waals surface area contributed by atoms with E-state index < -0.39 is 6.04 Å². The van der Waals surface area contributed by atoms with Gasteiger partial charge >= 0.3 is 0 Å². The molecule has 0 aromatic heterocycles. The molecule has 0 heterocycles. The number of carbonyl (C=O) groups excluding carboxylic acids is 2. The van der Waals surface area contributed by atoms with Crippen LogP contribution in [-0.2, 0) is 22.6 Å². The van der Waals surface area contributed by atoms with Crippen molar-refractivity contribution >= 4 is 23.4 Å². The van der Waals surface area contributed by atoms with Crippen LogP contribution < -0.4 is 10.1 Å². The molecule has 5 nitrogen and oxygen atoms in total. The van der Waals surface area contributed by atoms with Gasteiger partial charge in [0.25, 0.3) is 5.91 Å². The summed E-state index contributed by atoms with van der Waals surface area (Å²) in [6, 6.07) is 23.8. The average Bonchev–Trinajstić information content (AvgIpc) is 2.81. The van der Waals surface area contributed by atoms with Crippen molar-refractivity contribution in [2.75, 3.05) is 6.61 Å². The first-order valence-corrected chi connectivity index (χ1v) is 11.8. The summed E-state index contributed by atoms with van der Waals surface area (Å²) >= 11 is 6.20. The molecule has 0 aliphatic carbocycles. The summed E-state index contributed by atoms with van der Waals surface area (Å²) in [5.74, 6) is 0.165. The molecule has 0 saturated heterocycles. The highest BCUT2D eigenvalue weighted by Gasteiger charge is 2.31. The van der Waals surface area contributed by atoms with Gasteiger partial charge in [-0.05, 0) is 55.7 Å². The summed E-state index contributed by atoms with van der Waals surface area (Å²) in [5, 5.41) is 3.56. The highest BCUT2D eigenvalue weighted by atomic mass is 35.5. The van der Waals surface area contributed by atoms with Gasteiger partial charge in [0.1, 0.15) is 11.8 Å². The van der Waals surface area contributed by atoms with Crippen molar-refractivity contribution < 1.29 is 14.3 Å². The summed E-state index contributed by atoms with van der Waals surface area (Å²) in [6.45, 7) is 5.80. The zero-order valence-electron chi connectivity index (χ0n) is 19.8. The standard InChI is InChI=1S/C28H31ClN2O3/c1-20(2)30-28(33)25(17-22-11-5-4-6-12-22)31(18-23-13-9-14-24(29)16-23)27(32)19-34-26-15-8-7-10-21(26)3/h4-16,20,25H,17-19H2,1-3H3,(H,30,33)/t25-/m1/s1. The lowest BCUT2D eigenvalue weighted by molar-refractivity contribution is -0.143. The molecule has 0 saturated carbocycles. The van der Waals surface area contributed by atoms with Crippen LogP contribution in [0.2, 0.25) is 5.02 Å². The molecule has 3 rings (SSSR count). The van der Waals surface area contributed by atoms with E-state index in [4.69, 9.17) is 16.3 Å². The Bertz CT molecular complexity index is 1100. The maximum atomic E-state index is 13.5. The van der Waals surface area contributed by atoms with Gasteiger partial charge in [-0.1, -0.05) is 72.3 Å². The fourth-order valence-electron chi connectivity index (χ4n) is 3.71. The van der Waals surface area contributed by atoms with Gasteiger partial charge in [0.2, 0.25) is 5.91 Å². The van der Waals surface area contributed by atoms with Crippen molar-refractivity contribution in [3.8, 4) is 5.75 Å². The molecule has 1 atom stereocenters. The Morgan fingerprint density at radius 3 is 2.29 bits per heavy atom. The van der Waals surface area contributed by atoms with Crippen LogP contribution in [0.4, 0.5) is 0 Å². The molecule has 0 fully saturated rings. The van der Waals surface area contributed by atoms with Gasteiger partial charge in [0.05, 0.1) is 0 Å². The van der Waals surface area contributed by atoms with Gasteiger partial charge in [0.15, 0.2) is 6.61 Å². The van der Waals surface area contributed by atoms with E-state index in [0.29, 0.717) is 17.2 Å². The maximum Gasteiger partial charge on any atom is 0.261 e. The third kappa shape index (κ3) is 7.35. The van der Waals surface area contributed by atoms with Crippen LogP contribution in [0.1, 0.15) is 30.5 Å². The van der Waals surface area contributed by atoms with Crippen molar-refractivity contribution in [1.82, 2.24) is 10.2 Å². The molecule has 34 heavy (non-hydrogen) atoms. The van der Waals surface area contributed by atoms with E-state index in [1.165, 1.54) is 0 Å². The Morgan fingerprint density at radius 1 is 0.941 bits per heavy atom. The van der Waals surface area contributed by atoms with E-state index in [1.54, 1.807) is 11.0 Å². The Hall–Kier alpha value is -3.31. The van der Waals surface area contributed by atoms with Crippen LogP contribution >= 0.6 is 11.6 Å². The monoisotopic (exact) mass is 478 g/mol. The van der Waals surface area contributed by atoms with E-state index >= 15 is 0 Å². The summed E-state index contributed by atoms with van der Waals surface area (Å²) in [7, 11) is 0. The highest BCUT2D eigenvalue weighted by molar-refractivity contribution is 6.30. The molecule has 0 aliphatic rings. The lowest BCUT2D eigenvalue weighted by atomic mass is 10.0. The van der Waals surface area contributed by atoms with E-state index in [9.17, 15) is 9.59 Å². The molecule has 3 aromatic carbocycles. The number of amides is 2. The van der Waals surface area contributed by atoms with Gasteiger partial charge in [-0.3, -0.25) is 9.59 Å². The summed E-state index contributed by atoms with van der Waals surface area (Å²) in [6.07, 6.45) is 0.385. The first kappa shape index (κ1) is 25.3. The minimum atomic E-state index is -0.711. The maximum absolute atomic E-state index is 13.5. The first-order valence-electron chi connectivity index (χ1n) is 11.4. The van der Waals surface area contributed by atoms with Crippen LogP contribution in [0.5, 0.6) is 5.75 Å². The van der Waals surface area contributed by atoms with Gasteiger partial charge in [0, 0.05) is 24.0 Å². The number of para-hydroxylation sites is 1. The van der Waals surface area contributed by atoms with Crippen LogP contribution in [0, 0.1) is 6.92 Å². The zero-order chi connectivity index (χ0) is 24.5. The van der Waals surface area contributed by atoms with Gasteiger partial charge < -0.3 is 15.0 Å². The molecule has 0 bridgehead atoms. The lowest BCUT2D eigenvalue weighted by Crippen LogP contribution is -2.52. The van der Waals surface area contributed by atoms with Crippen molar-refractivity contribution in [2.45, 2.75) is 45.8 Å². The number of nitrogens with zero attached hydrogens (tertiary/aromatic N) is 1. The number of rotatable bonds is 10. The minimum absolute atomic E-state index is 0.0582. The number of nitrogens with one attached hydrogen (secondary N) is 1. The molecule has 0 unspecified atom stereocenters. The summed E-state index contributed by atoms with van der Waals surface area (Å²) in [4.78, 5) is 28.4. The van der Waals surface area contributed by atoms with E-state index in [2.05, 4.69) is 5.32 Å². The van der Waals surface area contributed by atoms with Crippen LogP contribution in [0.15, 0.2) is 78.9 Å². The number of ether oxygens (including phenoxy) is 1. The molecule has 1 N–H and O–H groups in total. The fraction of sp³-hybridized carbons (Fsp3) is 0.286. The normalized spacial score (nSPS) is 11.7. The number of hydrogen-bond acceptors (Lipinski definition) is 3. The second kappa shape index (κ2) is 12.2. The van der Waals surface area contributed by atoms with Crippen molar-refractivity contribution in [2.24, 2.45) is 0 Å². The second-order valence-corrected chi connectivity index (χ2v) is 9.01. The molecule has 2 amide bonds. The number of hydrogen-bond donors (Lipinski definition) is 1. The molecular formula is C28H31ClN2O3. The summed E-state index contributed by atoms with van der Waals surface area (Å²) < 4.78 is 5.85. The smallest absolute Gasteiger partial charge is 0.261 e. The second-order valence-electron chi connectivity index (χ2n) is 8.57. The lowest BCUT2D eigenvalue weighted by Gasteiger charge is -2.32. The Morgan fingerprint density at radius 2 is 1.62 bits per heavy atom. The van der Waals surface area contributed by atoms with Crippen molar-refractivity contribution in [3.05, 3.63) is 101 Å². The predicted molar refractivity (Wildman–Crippen MR) is 136 cm³/mol. The zero-order valence-corrected chi connectivity index (χ0v) is 20.6. The molecule has 6 heteroatoms. The molecule has 0 aliphatic heterocycles. The Labute approximate surface area is 206 Å². The number of benzene rings is 3. The van der Waals surface area contributed by atoms with E-state index in [-0.39, 0.29) is 31.0 Å². The highest BCUT2D eigenvalue weighted by Crippen LogP contribution is 2.20. The number of aryl methyl sites for hydroxylation is 1. The Kier molecular flexibility index (Phi) is 9.11. The molecule has 3 aromatic rings.